The number of alkyl halides is 12. The Hall–Kier alpha value is -5.48. The van der Waals surface area contributed by atoms with Gasteiger partial charge in [-0.25, -0.2) is 0 Å². The molecule has 0 radical (unpaired) electrons. The third-order valence-electron chi connectivity index (χ3n) is 6.03. The van der Waals surface area contributed by atoms with Gasteiger partial charge in [0.05, 0.1) is 22.3 Å². The maximum absolute atomic E-state index is 14.0. The maximum Gasteiger partial charge on any atom is 0.417 e. The van der Waals surface area contributed by atoms with Crippen molar-refractivity contribution >= 4 is 11.1 Å². The maximum atomic E-state index is 14.0. The minimum atomic E-state index is -5.41. The SMILES string of the molecule is N#CC(C#N)=c1cc(-c2cc(C(F)(F)F)ccc2C(F)(F)F)c(=C(C#N)C#N)cc1-c1cc(C(F)(F)F)ccc1C(F)(F)F. The molecular weight excluding hydrogens is 620 g/mol. The largest absolute Gasteiger partial charge is 0.417 e. The van der Waals surface area contributed by atoms with Crippen LogP contribution in [0.1, 0.15) is 22.3 Å². The monoisotopic (exact) mass is 628 g/mol. The molecule has 0 spiro atoms. The molecule has 0 heterocycles. The summed E-state index contributed by atoms with van der Waals surface area (Å²) in [7, 11) is 0. The average molecular weight is 628 g/mol. The van der Waals surface area contributed by atoms with E-state index in [2.05, 4.69) is 0 Å². The second-order valence-electron chi connectivity index (χ2n) is 8.65. The molecule has 0 aliphatic carbocycles. The van der Waals surface area contributed by atoms with Crippen LogP contribution in [0.15, 0.2) is 48.5 Å². The molecule has 0 amide bonds. The molecule has 44 heavy (non-hydrogen) atoms. The van der Waals surface area contributed by atoms with E-state index in [0.29, 0.717) is 12.1 Å². The fourth-order valence-corrected chi connectivity index (χ4v) is 4.13. The molecule has 224 valence electrons. The smallest absolute Gasteiger partial charge is 0.192 e. The van der Waals surface area contributed by atoms with Crippen LogP contribution in [0.4, 0.5) is 52.7 Å². The summed E-state index contributed by atoms with van der Waals surface area (Å²) in [6.45, 7) is 0. The predicted molar refractivity (Wildman–Crippen MR) is 126 cm³/mol. The molecule has 3 aromatic rings. The normalized spacial score (nSPS) is 12.0. The van der Waals surface area contributed by atoms with Crippen LogP contribution in [0.3, 0.4) is 0 Å². The Balaban J connectivity index is 2.80. The van der Waals surface area contributed by atoms with E-state index >= 15 is 0 Å². The standard InChI is InChI=1S/C28H8F12N4/c29-25(30,31)15-1-3-23(27(35,36)37)21(5-15)19-7-18(14(11-43)12-44)20(8-17(19)13(9-41)10-42)22-6-16(26(32,33)34)2-4-24(22)28(38,39)40/h1-8H. The van der Waals surface area contributed by atoms with Crippen LogP contribution in [-0.4, -0.2) is 0 Å². The van der Waals surface area contributed by atoms with Crippen molar-refractivity contribution in [2.45, 2.75) is 24.7 Å². The quantitative estimate of drug-likeness (QED) is 0.275. The van der Waals surface area contributed by atoms with Gasteiger partial charge in [0.25, 0.3) is 0 Å². The lowest BCUT2D eigenvalue weighted by Gasteiger charge is -2.19. The Labute approximate surface area is 237 Å². The summed E-state index contributed by atoms with van der Waals surface area (Å²) in [5, 5.41) is 35.9. The van der Waals surface area contributed by atoms with E-state index in [1.165, 1.54) is 24.3 Å². The van der Waals surface area contributed by atoms with Gasteiger partial charge in [-0.05, 0) is 70.8 Å². The highest BCUT2D eigenvalue weighted by molar-refractivity contribution is 5.86. The van der Waals surface area contributed by atoms with Crippen molar-refractivity contribution in [2.75, 3.05) is 0 Å². The average Bonchev–Trinajstić information content (AvgIpc) is 2.92. The van der Waals surface area contributed by atoms with Gasteiger partial charge in [0.15, 0.2) is 0 Å². The zero-order valence-corrected chi connectivity index (χ0v) is 20.9. The third-order valence-corrected chi connectivity index (χ3v) is 6.03. The number of nitrogens with zero attached hydrogens (tertiary/aromatic N) is 4. The molecule has 0 fully saturated rings. The molecule has 0 bridgehead atoms. The van der Waals surface area contributed by atoms with Crippen molar-refractivity contribution in [3.63, 3.8) is 0 Å². The first-order valence-electron chi connectivity index (χ1n) is 11.3. The minimum absolute atomic E-state index is 0.00170. The molecule has 0 saturated carbocycles. The molecule has 0 atom stereocenters. The molecule has 0 N–H and O–H groups in total. The molecule has 16 heteroatoms. The summed E-state index contributed by atoms with van der Waals surface area (Å²) in [5.41, 5.74) is -14.1. The van der Waals surface area contributed by atoms with Crippen molar-refractivity contribution in [1.29, 1.82) is 21.0 Å². The molecule has 0 aromatic heterocycles. The number of hydrogen-bond donors (Lipinski definition) is 0. The Kier molecular flexibility index (Phi) is 8.49. The van der Waals surface area contributed by atoms with Gasteiger partial charge < -0.3 is 0 Å². The number of halogens is 12. The van der Waals surface area contributed by atoms with Crippen molar-refractivity contribution in [1.82, 2.24) is 0 Å². The van der Waals surface area contributed by atoms with Crippen molar-refractivity contribution in [3.05, 3.63) is 81.2 Å². The summed E-state index contributed by atoms with van der Waals surface area (Å²) in [5.74, 6) is 0. The van der Waals surface area contributed by atoms with Crippen molar-refractivity contribution in [3.8, 4) is 46.5 Å². The first kappa shape index (κ1) is 33.0. The summed E-state index contributed by atoms with van der Waals surface area (Å²) in [6, 6.07) is 5.64. The molecule has 0 aliphatic heterocycles. The van der Waals surface area contributed by atoms with Crippen LogP contribution < -0.4 is 10.4 Å². The zero-order valence-electron chi connectivity index (χ0n) is 20.9. The Morgan fingerprint density at radius 1 is 0.409 bits per heavy atom. The van der Waals surface area contributed by atoms with E-state index in [0.717, 1.165) is 0 Å². The van der Waals surface area contributed by atoms with Gasteiger partial charge in [-0.3, -0.25) is 0 Å². The molecule has 0 saturated heterocycles. The molecule has 3 rings (SSSR count). The van der Waals surface area contributed by atoms with Crippen LogP contribution in [0.2, 0.25) is 0 Å². The fraction of sp³-hybridized carbons (Fsp3) is 0.143. The topological polar surface area (TPSA) is 95.2 Å². The lowest BCUT2D eigenvalue weighted by atomic mass is 9.88. The lowest BCUT2D eigenvalue weighted by molar-refractivity contribution is -0.141. The first-order valence-corrected chi connectivity index (χ1v) is 11.3. The van der Waals surface area contributed by atoms with Gasteiger partial charge in [-0.15, -0.1) is 0 Å². The van der Waals surface area contributed by atoms with Crippen LogP contribution in [0.25, 0.3) is 33.4 Å². The van der Waals surface area contributed by atoms with Crippen molar-refractivity contribution in [2.24, 2.45) is 0 Å². The van der Waals surface area contributed by atoms with Gasteiger partial charge in [0.2, 0.25) is 0 Å². The van der Waals surface area contributed by atoms with Gasteiger partial charge >= 0.3 is 24.7 Å². The Morgan fingerprint density at radius 3 is 0.932 bits per heavy atom. The van der Waals surface area contributed by atoms with E-state index in [1.54, 1.807) is 0 Å². The summed E-state index contributed by atoms with van der Waals surface area (Å²) in [6.07, 6.45) is -21.3. The number of hydrogen-bond acceptors (Lipinski definition) is 4. The summed E-state index contributed by atoms with van der Waals surface area (Å²) < 4.78 is 165. The van der Waals surface area contributed by atoms with E-state index < -0.39 is 90.8 Å². The van der Waals surface area contributed by atoms with Gasteiger partial charge in [-0.1, -0.05) is 0 Å². The van der Waals surface area contributed by atoms with E-state index in [4.69, 9.17) is 0 Å². The highest BCUT2D eigenvalue weighted by atomic mass is 19.4. The van der Waals surface area contributed by atoms with Gasteiger partial charge in [0.1, 0.15) is 35.4 Å². The number of benzene rings is 3. The Morgan fingerprint density at radius 2 is 0.705 bits per heavy atom. The van der Waals surface area contributed by atoms with Gasteiger partial charge in [-0.2, -0.15) is 73.7 Å². The lowest BCUT2D eigenvalue weighted by Crippen LogP contribution is -2.22. The second-order valence-corrected chi connectivity index (χ2v) is 8.65. The fourth-order valence-electron chi connectivity index (χ4n) is 4.13. The van der Waals surface area contributed by atoms with Crippen LogP contribution in [0, 0.1) is 45.3 Å². The predicted octanol–water partition coefficient (Wildman–Crippen LogP) is 7.49. The molecular formula is C28H8F12N4. The van der Waals surface area contributed by atoms with Crippen LogP contribution in [0.5, 0.6) is 0 Å². The number of nitriles is 4. The molecule has 3 aromatic carbocycles. The van der Waals surface area contributed by atoms with E-state index in [-0.39, 0.29) is 36.4 Å². The Bertz CT molecular complexity index is 1780. The summed E-state index contributed by atoms with van der Waals surface area (Å²) >= 11 is 0. The second kappa shape index (κ2) is 11.3. The molecule has 4 nitrogen and oxygen atoms in total. The number of rotatable bonds is 2. The van der Waals surface area contributed by atoms with E-state index in [9.17, 15) is 73.7 Å². The first-order chi connectivity index (χ1) is 20.2. The highest BCUT2D eigenvalue weighted by Crippen LogP contribution is 2.42. The zero-order chi connectivity index (χ0) is 33.4. The van der Waals surface area contributed by atoms with Crippen LogP contribution in [-0.2, 0) is 24.7 Å². The van der Waals surface area contributed by atoms with E-state index in [1.807, 2.05) is 0 Å². The third kappa shape index (κ3) is 6.45. The molecule has 0 unspecified atom stereocenters. The van der Waals surface area contributed by atoms with Crippen LogP contribution >= 0.6 is 0 Å². The summed E-state index contributed by atoms with van der Waals surface area (Å²) in [4.78, 5) is 0. The van der Waals surface area contributed by atoms with Gasteiger partial charge in [0, 0.05) is 10.4 Å². The highest BCUT2D eigenvalue weighted by Gasteiger charge is 2.39. The minimum Gasteiger partial charge on any atom is -0.192 e. The van der Waals surface area contributed by atoms with Crippen molar-refractivity contribution < 1.29 is 52.7 Å². The molecule has 0 aliphatic rings.